The number of nitrogens with two attached hydrogens (primary N) is 1. The van der Waals surface area contributed by atoms with Gasteiger partial charge in [0.15, 0.2) is 0 Å². The first kappa shape index (κ1) is 48.4. The van der Waals surface area contributed by atoms with Crippen molar-refractivity contribution in [2.24, 2.45) is 35.3 Å². The molecular weight excluding hydrogens is 586 g/mol. The van der Waals surface area contributed by atoms with Crippen LogP contribution in [0.1, 0.15) is 145 Å². The van der Waals surface area contributed by atoms with Crippen molar-refractivity contribution in [2.75, 3.05) is 34.0 Å². The fourth-order valence-corrected chi connectivity index (χ4v) is 7.42. The van der Waals surface area contributed by atoms with Crippen molar-refractivity contribution in [1.82, 2.24) is 0 Å². The number of methoxy groups -OCH3 is 2. The molecule has 0 bridgehead atoms. The SMILES string of the molecule is C=C.C=CC1CCCC(CO)C1.CC.CC.CC(N)C1CCCCCC1.COCC1OC(C)CC(OCC2CCCC(C)C2)[C@@H]1OC. The molecule has 282 valence electrons. The van der Waals surface area contributed by atoms with Crippen LogP contribution in [-0.2, 0) is 18.9 Å². The predicted octanol–water partition coefficient (Wildman–Crippen LogP) is 10.2. The van der Waals surface area contributed by atoms with Gasteiger partial charge in [-0.25, -0.2) is 0 Å². The van der Waals surface area contributed by atoms with Crippen LogP contribution in [0.2, 0.25) is 0 Å². The molecule has 1 heterocycles. The van der Waals surface area contributed by atoms with Crippen molar-refractivity contribution in [1.29, 1.82) is 0 Å². The Labute approximate surface area is 294 Å². The van der Waals surface area contributed by atoms with E-state index in [9.17, 15) is 0 Å². The van der Waals surface area contributed by atoms with Crippen LogP contribution >= 0.6 is 0 Å². The van der Waals surface area contributed by atoms with E-state index in [1.807, 2.05) is 33.8 Å². The molecule has 3 N–H and O–H groups in total. The number of aliphatic hydroxyl groups excluding tert-OH is 1. The lowest BCUT2D eigenvalue weighted by atomic mass is 9.82. The van der Waals surface area contributed by atoms with Gasteiger partial charge < -0.3 is 29.8 Å². The molecule has 9 atom stereocenters. The zero-order valence-corrected chi connectivity index (χ0v) is 32.9. The van der Waals surface area contributed by atoms with Gasteiger partial charge in [-0.1, -0.05) is 85.6 Å². The maximum absolute atomic E-state index is 8.87. The summed E-state index contributed by atoms with van der Waals surface area (Å²) >= 11 is 0. The van der Waals surface area contributed by atoms with E-state index >= 15 is 0 Å². The Kier molecular flexibility index (Phi) is 33.4. The van der Waals surface area contributed by atoms with Crippen molar-refractivity contribution in [3.63, 3.8) is 0 Å². The second kappa shape index (κ2) is 32.4. The smallest absolute Gasteiger partial charge is 0.112 e. The lowest BCUT2D eigenvalue weighted by molar-refractivity contribution is -0.203. The van der Waals surface area contributed by atoms with Gasteiger partial charge in [-0.05, 0) is 88.4 Å². The summed E-state index contributed by atoms with van der Waals surface area (Å²) in [5, 5.41) is 8.87. The van der Waals surface area contributed by atoms with Crippen LogP contribution in [0.25, 0.3) is 0 Å². The first-order valence-corrected chi connectivity index (χ1v) is 19.6. The van der Waals surface area contributed by atoms with Gasteiger partial charge in [-0.15, -0.1) is 19.7 Å². The van der Waals surface area contributed by atoms with Crippen LogP contribution < -0.4 is 5.73 Å². The number of allylic oxidation sites excluding steroid dienone is 1. The van der Waals surface area contributed by atoms with Crippen molar-refractivity contribution in [3.8, 4) is 0 Å². The minimum Gasteiger partial charge on any atom is -0.396 e. The number of rotatable bonds is 9. The lowest BCUT2D eigenvalue weighted by Crippen LogP contribution is -2.51. The highest BCUT2D eigenvalue weighted by atomic mass is 16.6. The largest absolute Gasteiger partial charge is 0.396 e. The molecule has 0 aromatic heterocycles. The van der Waals surface area contributed by atoms with E-state index in [0.29, 0.717) is 37.0 Å². The van der Waals surface area contributed by atoms with Gasteiger partial charge in [0, 0.05) is 39.9 Å². The second-order valence-electron chi connectivity index (χ2n) is 13.7. The van der Waals surface area contributed by atoms with Crippen LogP contribution in [0.15, 0.2) is 25.8 Å². The maximum atomic E-state index is 8.87. The van der Waals surface area contributed by atoms with Gasteiger partial charge in [0.05, 0.1) is 18.8 Å². The van der Waals surface area contributed by atoms with E-state index in [1.54, 1.807) is 14.2 Å². The molecule has 6 heteroatoms. The highest BCUT2D eigenvalue weighted by Gasteiger charge is 2.38. The maximum Gasteiger partial charge on any atom is 0.112 e. The molecule has 0 spiro atoms. The molecule has 1 saturated heterocycles. The topological polar surface area (TPSA) is 83.2 Å². The molecule has 0 radical (unpaired) electrons. The molecule has 0 aromatic rings. The van der Waals surface area contributed by atoms with Crippen LogP contribution in [0.5, 0.6) is 0 Å². The Hall–Kier alpha value is -0.760. The van der Waals surface area contributed by atoms with Gasteiger partial charge in [-0.3, -0.25) is 0 Å². The van der Waals surface area contributed by atoms with Crippen LogP contribution in [0, 0.1) is 29.6 Å². The Morgan fingerprint density at radius 2 is 1.40 bits per heavy atom. The van der Waals surface area contributed by atoms with Gasteiger partial charge in [0.1, 0.15) is 12.2 Å². The van der Waals surface area contributed by atoms with Gasteiger partial charge >= 0.3 is 0 Å². The summed E-state index contributed by atoms with van der Waals surface area (Å²) in [4.78, 5) is 0. The van der Waals surface area contributed by atoms with Crippen molar-refractivity contribution < 1.29 is 24.1 Å². The second-order valence-corrected chi connectivity index (χ2v) is 13.7. The van der Waals surface area contributed by atoms with Crippen molar-refractivity contribution in [3.05, 3.63) is 25.8 Å². The number of ether oxygens (including phenoxy) is 4. The normalized spacial score (nSPS) is 31.4. The molecule has 3 aliphatic carbocycles. The molecule has 0 aromatic carbocycles. The lowest BCUT2D eigenvalue weighted by Gasteiger charge is -2.40. The van der Waals surface area contributed by atoms with Gasteiger partial charge in [-0.2, -0.15) is 0 Å². The Morgan fingerprint density at radius 3 is 1.91 bits per heavy atom. The summed E-state index contributed by atoms with van der Waals surface area (Å²) in [6.07, 6.45) is 21.9. The van der Waals surface area contributed by atoms with Crippen LogP contribution in [0.3, 0.4) is 0 Å². The Morgan fingerprint density at radius 1 is 0.809 bits per heavy atom. The highest BCUT2D eigenvalue weighted by molar-refractivity contribution is 4.87. The van der Waals surface area contributed by atoms with E-state index in [1.165, 1.54) is 83.5 Å². The number of hydrogen-bond donors (Lipinski definition) is 2. The third-order valence-electron chi connectivity index (χ3n) is 9.96. The van der Waals surface area contributed by atoms with Gasteiger partial charge in [0.2, 0.25) is 0 Å². The molecule has 0 amide bonds. The van der Waals surface area contributed by atoms with Crippen molar-refractivity contribution in [2.45, 2.75) is 175 Å². The van der Waals surface area contributed by atoms with E-state index in [2.05, 4.69) is 40.5 Å². The monoisotopic (exact) mass is 670 g/mol. The van der Waals surface area contributed by atoms with E-state index in [4.69, 9.17) is 29.8 Å². The quantitative estimate of drug-likeness (QED) is 0.188. The van der Waals surface area contributed by atoms with E-state index < -0.39 is 0 Å². The molecule has 4 rings (SSSR count). The third-order valence-corrected chi connectivity index (χ3v) is 9.96. The first-order valence-electron chi connectivity index (χ1n) is 19.6. The summed E-state index contributed by atoms with van der Waals surface area (Å²) in [5.74, 6) is 3.61. The molecule has 47 heavy (non-hydrogen) atoms. The molecular formula is C41H83NO5. The minimum absolute atomic E-state index is 0.0258. The average molecular weight is 670 g/mol. The summed E-state index contributed by atoms with van der Waals surface area (Å²) in [6.45, 7) is 26.2. The standard InChI is InChI=1S/C17H32O4.C9H19N.C9H16O.2C2H6.C2H4/c1-12-6-5-7-14(8-12)10-20-15-9-13(2)21-16(11-18-3)17(15)19-4;1-8(10)9-6-4-2-3-5-7-9;1-2-8-4-3-5-9(6-8)7-10;3*1-2/h12-17H,5-11H2,1-4H3;8-9H,2-7,10H2,1H3;2,8-10H,1,3-7H2;2*1-2H3;1-2H2/t12?,13?,14?,15?,16?,17-;;;;;/m0...../s1. The van der Waals surface area contributed by atoms with Crippen molar-refractivity contribution >= 4 is 0 Å². The number of hydrogen-bond acceptors (Lipinski definition) is 6. The summed E-state index contributed by atoms with van der Waals surface area (Å²) in [7, 11) is 3.44. The van der Waals surface area contributed by atoms with E-state index in [-0.39, 0.29) is 24.4 Å². The first-order chi connectivity index (χ1) is 22.8. The molecule has 6 nitrogen and oxygen atoms in total. The van der Waals surface area contributed by atoms with Crippen LogP contribution in [-0.4, -0.2) is 69.6 Å². The summed E-state index contributed by atoms with van der Waals surface area (Å²) in [5.41, 5.74) is 5.84. The zero-order valence-electron chi connectivity index (χ0n) is 32.9. The average Bonchev–Trinajstić information content (AvgIpc) is 3.41. The zero-order chi connectivity index (χ0) is 36.0. The Balaban J connectivity index is 0. The van der Waals surface area contributed by atoms with Gasteiger partial charge in [0.25, 0.3) is 0 Å². The molecule has 3 saturated carbocycles. The summed E-state index contributed by atoms with van der Waals surface area (Å²) in [6, 6.07) is 0.429. The fraction of sp³-hybridized carbons (Fsp3) is 0.902. The summed E-state index contributed by atoms with van der Waals surface area (Å²) < 4.78 is 23.1. The predicted molar refractivity (Wildman–Crippen MR) is 204 cm³/mol. The Bertz CT molecular complexity index is 668. The molecule has 1 aliphatic heterocycles. The molecule has 4 fully saturated rings. The molecule has 8 unspecified atom stereocenters. The minimum atomic E-state index is -0.0287. The fourth-order valence-electron chi connectivity index (χ4n) is 7.42. The van der Waals surface area contributed by atoms with E-state index in [0.717, 1.165) is 31.3 Å². The highest BCUT2D eigenvalue weighted by Crippen LogP contribution is 2.31. The van der Waals surface area contributed by atoms with Crippen LogP contribution in [0.4, 0.5) is 0 Å². The third kappa shape index (κ3) is 21.8. The molecule has 4 aliphatic rings. The number of aliphatic hydroxyl groups is 1.